The van der Waals surface area contributed by atoms with Crippen LogP contribution in [0.2, 0.25) is 0 Å². The van der Waals surface area contributed by atoms with Crippen molar-refractivity contribution in [2.45, 2.75) is 51.4 Å². The second-order valence-electron chi connectivity index (χ2n) is 9.88. The van der Waals surface area contributed by atoms with Crippen molar-refractivity contribution in [3.05, 3.63) is 34.4 Å². The maximum atomic E-state index is 13.2. The van der Waals surface area contributed by atoms with Crippen molar-refractivity contribution >= 4 is 11.6 Å². The van der Waals surface area contributed by atoms with Gasteiger partial charge in [0.25, 0.3) is 0 Å². The van der Waals surface area contributed by atoms with Crippen molar-refractivity contribution in [3.63, 3.8) is 0 Å². The van der Waals surface area contributed by atoms with Crippen LogP contribution in [0.5, 0.6) is 34.5 Å². The molecule has 0 radical (unpaired) electrons. The van der Waals surface area contributed by atoms with Crippen molar-refractivity contribution in [3.8, 4) is 34.5 Å². The van der Waals surface area contributed by atoms with Gasteiger partial charge in [0, 0.05) is 11.8 Å². The molecule has 8 heteroatoms. The fourth-order valence-corrected chi connectivity index (χ4v) is 6.00. The van der Waals surface area contributed by atoms with Gasteiger partial charge in [0.2, 0.25) is 11.5 Å². The van der Waals surface area contributed by atoms with Gasteiger partial charge in [-0.2, -0.15) is 0 Å². The second kappa shape index (κ2) is 12.0. The maximum Gasteiger partial charge on any atom is 0.204 e. The fourth-order valence-electron chi connectivity index (χ4n) is 6.00. The number of hydrogen-bond donors (Lipinski definition) is 0. The Balaban J connectivity index is 1.28. The normalized spacial score (nSPS) is 17.7. The van der Waals surface area contributed by atoms with Crippen molar-refractivity contribution in [2.24, 2.45) is 11.8 Å². The molecule has 0 aliphatic heterocycles. The van der Waals surface area contributed by atoms with Gasteiger partial charge in [-0.05, 0) is 48.9 Å². The van der Waals surface area contributed by atoms with E-state index in [4.69, 9.17) is 28.4 Å². The lowest BCUT2D eigenvalue weighted by Gasteiger charge is -2.15. The van der Waals surface area contributed by atoms with Crippen molar-refractivity contribution in [1.82, 2.24) is 0 Å². The summed E-state index contributed by atoms with van der Waals surface area (Å²) in [5, 5.41) is 0. The van der Waals surface area contributed by atoms with E-state index >= 15 is 0 Å². The Kier molecular flexibility index (Phi) is 8.69. The van der Waals surface area contributed by atoms with Crippen LogP contribution in [-0.4, -0.2) is 54.2 Å². The molecular formula is C30H38O8. The number of methoxy groups -OCH3 is 6. The summed E-state index contributed by atoms with van der Waals surface area (Å²) in [6, 6.07) is 3.79. The molecule has 4 rings (SSSR count). The van der Waals surface area contributed by atoms with E-state index in [2.05, 4.69) is 0 Å². The lowest BCUT2D eigenvalue weighted by atomic mass is 9.94. The van der Waals surface area contributed by atoms with Crippen LogP contribution in [0, 0.1) is 11.8 Å². The first-order chi connectivity index (χ1) is 18.4. The van der Waals surface area contributed by atoms with Crippen LogP contribution in [0.25, 0.3) is 0 Å². The zero-order valence-corrected chi connectivity index (χ0v) is 23.2. The quantitative estimate of drug-likeness (QED) is 0.317. The molecule has 0 heterocycles. The van der Waals surface area contributed by atoms with Gasteiger partial charge in [-0.1, -0.05) is 25.7 Å². The van der Waals surface area contributed by atoms with Crippen molar-refractivity contribution in [1.29, 1.82) is 0 Å². The smallest absolute Gasteiger partial charge is 0.204 e. The van der Waals surface area contributed by atoms with Crippen LogP contribution < -0.4 is 28.4 Å². The molecule has 38 heavy (non-hydrogen) atoms. The molecule has 8 nitrogen and oxygen atoms in total. The van der Waals surface area contributed by atoms with E-state index in [-0.39, 0.29) is 23.4 Å². The number of unbranched alkanes of at least 4 members (excludes halogenated alkanes) is 3. The molecule has 0 bridgehead atoms. The topological polar surface area (TPSA) is 89.5 Å². The summed E-state index contributed by atoms with van der Waals surface area (Å²) < 4.78 is 32.9. The van der Waals surface area contributed by atoms with Crippen LogP contribution in [0.1, 0.15) is 70.4 Å². The molecule has 2 unspecified atom stereocenters. The summed E-state index contributed by atoms with van der Waals surface area (Å²) in [6.07, 6.45) is 6.98. The van der Waals surface area contributed by atoms with E-state index in [1.807, 2.05) is 12.1 Å². The zero-order chi connectivity index (χ0) is 27.4. The highest BCUT2D eigenvalue weighted by molar-refractivity contribution is 6.06. The SMILES string of the molecule is COc1cc2c(c(OC)c1OC)C(=O)C(CCCCCCC1Cc3cc(OC)c(OC)c(OC)c3C1=O)C2. The minimum absolute atomic E-state index is 0.0564. The lowest BCUT2D eigenvalue weighted by Crippen LogP contribution is -2.10. The van der Waals surface area contributed by atoms with Gasteiger partial charge in [0.15, 0.2) is 34.6 Å². The lowest BCUT2D eigenvalue weighted by molar-refractivity contribution is 0.0915. The average Bonchev–Trinajstić information content (AvgIpc) is 3.43. The standard InChI is InChI=1S/C30H38O8/c1-33-21-15-19-13-17(25(31)23(19)29(37-5)27(21)35-3)11-9-7-8-10-12-18-14-20-16-22(34-2)28(36-4)30(38-6)24(20)26(18)32/h15-18H,7-14H2,1-6H3. The first kappa shape index (κ1) is 27.6. The summed E-state index contributed by atoms with van der Waals surface area (Å²) in [7, 11) is 9.36. The van der Waals surface area contributed by atoms with Gasteiger partial charge in [0.1, 0.15) is 0 Å². The van der Waals surface area contributed by atoms with Gasteiger partial charge in [-0.25, -0.2) is 0 Å². The van der Waals surface area contributed by atoms with E-state index in [9.17, 15) is 9.59 Å². The van der Waals surface area contributed by atoms with Crippen LogP contribution in [-0.2, 0) is 12.8 Å². The number of carbonyl (C=O) groups is 2. The Labute approximate surface area is 224 Å². The predicted octanol–water partition coefficient (Wildman–Crippen LogP) is 5.49. The molecule has 0 fully saturated rings. The van der Waals surface area contributed by atoms with Gasteiger partial charge in [0.05, 0.1) is 53.8 Å². The van der Waals surface area contributed by atoms with Crippen LogP contribution in [0.4, 0.5) is 0 Å². The average molecular weight is 527 g/mol. The molecular weight excluding hydrogens is 488 g/mol. The number of hydrogen-bond acceptors (Lipinski definition) is 8. The molecule has 2 aliphatic rings. The maximum absolute atomic E-state index is 13.2. The largest absolute Gasteiger partial charge is 0.493 e. The van der Waals surface area contributed by atoms with E-state index in [1.54, 1.807) is 42.7 Å². The number of carbonyl (C=O) groups excluding carboxylic acids is 2. The number of fused-ring (bicyclic) bond motifs is 2. The number of Topliss-reactive ketones (excluding diaryl/α,β-unsaturated/α-hetero) is 2. The van der Waals surface area contributed by atoms with E-state index in [1.165, 1.54) is 0 Å². The van der Waals surface area contributed by atoms with Crippen molar-refractivity contribution < 1.29 is 38.0 Å². The molecule has 0 saturated heterocycles. The monoisotopic (exact) mass is 526 g/mol. The number of ether oxygens (including phenoxy) is 6. The Morgan fingerprint density at radius 1 is 0.553 bits per heavy atom. The predicted molar refractivity (Wildman–Crippen MR) is 143 cm³/mol. The Bertz CT molecular complexity index is 1110. The molecule has 0 amide bonds. The highest BCUT2D eigenvalue weighted by atomic mass is 16.5. The first-order valence-corrected chi connectivity index (χ1v) is 13.2. The number of rotatable bonds is 13. The van der Waals surface area contributed by atoms with Gasteiger partial charge >= 0.3 is 0 Å². The zero-order valence-electron chi connectivity index (χ0n) is 23.2. The van der Waals surface area contributed by atoms with Crippen LogP contribution in [0.15, 0.2) is 12.1 Å². The van der Waals surface area contributed by atoms with Crippen molar-refractivity contribution in [2.75, 3.05) is 42.7 Å². The number of ketones is 2. The minimum Gasteiger partial charge on any atom is -0.493 e. The first-order valence-electron chi connectivity index (χ1n) is 13.2. The van der Waals surface area contributed by atoms with E-state index < -0.39 is 0 Å². The fraction of sp³-hybridized carbons (Fsp3) is 0.533. The molecule has 2 aromatic carbocycles. The van der Waals surface area contributed by atoms with E-state index in [0.29, 0.717) is 58.5 Å². The highest BCUT2D eigenvalue weighted by Gasteiger charge is 2.37. The molecule has 2 aromatic rings. The Morgan fingerprint density at radius 3 is 1.24 bits per heavy atom. The third-order valence-corrected chi connectivity index (χ3v) is 7.85. The van der Waals surface area contributed by atoms with Gasteiger partial charge in [-0.15, -0.1) is 0 Å². The molecule has 0 N–H and O–H groups in total. The Morgan fingerprint density at radius 2 is 0.921 bits per heavy atom. The summed E-state index contributed by atoms with van der Waals surface area (Å²) in [5.74, 6) is 3.12. The third-order valence-electron chi connectivity index (χ3n) is 7.85. The molecule has 0 aromatic heterocycles. The Hall–Kier alpha value is -3.42. The highest BCUT2D eigenvalue weighted by Crippen LogP contribution is 2.48. The summed E-state index contributed by atoms with van der Waals surface area (Å²) >= 11 is 0. The molecule has 206 valence electrons. The van der Waals surface area contributed by atoms with Gasteiger partial charge in [-0.3, -0.25) is 9.59 Å². The molecule has 0 saturated carbocycles. The molecule has 2 aliphatic carbocycles. The summed E-state index contributed by atoms with van der Waals surface area (Å²) in [4.78, 5) is 26.4. The second-order valence-corrected chi connectivity index (χ2v) is 9.88. The van der Waals surface area contributed by atoms with Crippen LogP contribution >= 0.6 is 0 Å². The molecule has 0 spiro atoms. The third kappa shape index (κ3) is 4.88. The summed E-state index contributed by atoms with van der Waals surface area (Å²) in [5.41, 5.74) is 3.16. The molecule has 2 atom stereocenters. The number of benzene rings is 2. The summed E-state index contributed by atoms with van der Waals surface area (Å²) in [6.45, 7) is 0. The van der Waals surface area contributed by atoms with E-state index in [0.717, 1.165) is 49.7 Å². The van der Waals surface area contributed by atoms with Gasteiger partial charge < -0.3 is 28.4 Å². The van der Waals surface area contributed by atoms with Crippen LogP contribution in [0.3, 0.4) is 0 Å². The minimum atomic E-state index is -0.0564.